The van der Waals surface area contributed by atoms with Gasteiger partial charge < -0.3 is 16.0 Å². The third kappa shape index (κ3) is 3.40. The summed E-state index contributed by atoms with van der Waals surface area (Å²) in [7, 11) is 0. The molecule has 2 atom stereocenters. The molecule has 2 aliphatic carbocycles. The lowest BCUT2D eigenvalue weighted by Gasteiger charge is -2.40. The molecule has 148 valence electrons. The minimum Gasteiger partial charge on any atom is -0.361 e. The Morgan fingerprint density at radius 2 is 1.64 bits per heavy atom. The Kier molecular flexibility index (Phi) is 4.56. The molecule has 4 heteroatoms. The fourth-order valence-corrected chi connectivity index (χ4v) is 5.74. The van der Waals surface area contributed by atoms with E-state index in [1.54, 1.807) is 0 Å². The average molecular weight is 396 g/mol. The van der Waals surface area contributed by atoms with E-state index < -0.39 is 0 Å². The second kappa shape index (κ2) is 6.96. The van der Waals surface area contributed by atoms with Gasteiger partial charge in [-0.1, -0.05) is 23.7 Å². The van der Waals surface area contributed by atoms with Gasteiger partial charge in [0, 0.05) is 23.0 Å². The van der Waals surface area contributed by atoms with Crippen molar-refractivity contribution in [1.29, 1.82) is 0 Å². The number of benzene rings is 2. The number of aryl methyl sites for hydroxylation is 1. The molecule has 1 fully saturated rings. The third-order valence-electron chi connectivity index (χ3n) is 7.08. The summed E-state index contributed by atoms with van der Waals surface area (Å²) >= 11 is 6.16. The highest BCUT2D eigenvalue weighted by Crippen LogP contribution is 2.42. The molecular formula is C24H30ClN3. The zero-order valence-corrected chi connectivity index (χ0v) is 17.6. The fourth-order valence-electron chi connectivity index (χ4n) is 5.54. The standard InChI is InChI=1S/C24H30ClN3/c1-15-3-10-22-23(11-15)28-24(2,27-22)18-5-8-20(9-6-18)26-21-13-16-4-7-19(25)12-17(16)14-21/h3-4,7,10-12,18,20-21,26-28H,5-6,8-9,13-14H2,1-2H3. The monoisotopic (exact) mass is 395 g/mol. The van der Waals surface area contributed by atoms with Crippen LogP contribution in [0.15, 0.2) is 36.4 Å². The highest BCUT2D eigenvalue weighted by molar-refractivity contribution is 6.30. The van der Waals surface area contributed by atoms with Crippen LogP contribution < -0.4 is 16.0 Å². The van der Waals surface area contributed by atoms with Crippen LogP contribution in [0, 0.1) is 12.8 Å². The van der Waals surface area contributed by atoms with Crippen molar-refractivity contribution in [3.8, 4) is 0 Å². The number of fused-ring (bicyclic) bond motifs is 2. The molecule has 0 radical (unpaired) electrons. The Labute approximate surface area is 173 Å². The van der Waals surface area contributed by atoms with Crippen molar-refractivity contribution in [3.05, 3.63) is 58.1 Å². The Bertz CT molecular complexity index is 887. The van der Waals surface area contributed by atoms with E-state index in [4.69, 9.17) is 11.6 Å². The highest BCUT2D eigenvalue weighted by Gasteiger charge is 2.41. The summed E-state index contributed by atoms with van der Waals surface area (Å²) in [5.74, 6) is 0.651. The number of rotatable bonds is 3. The number of hydrogen-bond acceptors (Lipinski definition) is 3. The van der Waals surface area contributed by atoms with Crippen LogP contribution in [-0.2, 0) is 12.8 Å². The largest absolute Gasteiger partial charge is 0.361 e. The Morgan fingerprint density at radius 3 is 2.46 bits per heavy atom. The zero-order chi connectivity index (χ0) is 19.3. The van der Waals surface area contributed by atoms with Crippen LogP contribution in [0.4, 0.5) is 11.4 Å². The van der Waals surface area contributed by atoms with Crippen molar-refractivity contribution < 1.29 is 0 Å². The minimum atomic E-state index is -0.0263. The van der Waals surface area contributed by atoms with Crippen molar-refractivity contribution in [2.24, 2.45) is 5.92 Å². The van der Waals surface area contributed by atoms with Gasteiger partial charge in [0.2, 0.25) is 0 Å². The van der Waals surface area contributed by atoms with Gasteiger partial charge in [0.05, 0.1) is 11.4 Å². The summed E-state index contributed by atoms with van der Waals surface area (Å²) in [4.78, 5) is 0. The van der Waals surface area contributed by atoms with E-state index in [9.17, 15) is 0 Å². The smallest absolute Gasteiger partial charge is 0.108 e. The van der Waals surface area contributed by atoms with Gasteiger partial charge in [0.1, 0.15) is 5.66 Å². The molecule has 0 saturated heterocycles. The molecular weight excluding hydrogens is 366 g/mol. The minimum absolute atomic E-state index is 0.0263. The molecule has 2 unspecified atom stereocenters. The maximum absolute atomic E-state index is 6.16. The first kappa shape index (κ1) is 18.3. The molecule has 3 N–H and O–H groups in total. The van der Waals surface area contributed by atoms with Crippen molar-refractivity contribution >= 4 is 23.0 Å². The van der Waals surface area contributed by atoms with Gasteiger partial charge >= 0.3 is 0 Å². The van der Waals surface area contributed by atoms with E-state index in [1.807, 2.05) is 6.07 Å². The second-order valence-corrected chi connectivity index (χ2v) is 9.67. The Hall–Kier alpha value is -1.71. The number of nitrogens with one attached hydrogen (secondary N) is 3. The van der Waals surface area contributed by atoms with Crippen LogP contribution in [0.3, 0.4) is 0 Å². The van der Waals surface area contributed by atoms with E-state index in [-0.39, 0.29) is 5.66 Å². The predicted molar refractivity (Wildman–Crippen MR) is 118 cm³/mol. The van der Waals surface area contributed by atoms with Crippen LogP contribution in [0.2, 0.25) is 5.02 Å². The number of hydrogen-bond donors (Lipinski definition) is 3. The molecule has 2 aromatic carbocycles. The molecule has 2 aromatic rings. The van der Waals surface area contributed by atoms with Crippen LogP contribution >= 0.6 is 11.6 Å². The van der Waals surface area contributed by atoms with Crippen molar-refractivity contribution in [1.82, 2.24) is 5.32 Å². The van der Waals surface area contributed by atoms with E-state index in [2.05, 4.69) is 60.1 Å². The van der Waals surface area contributed by atoms with Crippen LogP contribution in [0.25, 0.3) is 0 Å². The first-order valence-electron chi connectivity index (χ1n) is 10.7. The summed E-state index contributed by atoms with van der Waals surface area (Å²) < 4.78 is 0. The van der Waals surface area contributed by atoms with Crippen LogP contribution in [0.1, 0.15) is 49.3 Å². The number of anilines is 2. The summed E-state index contributed by atoms with van der Waals surface area (Å²) in [5.41, 5.74) is 6.68. The van der Waals surface area contributed by atoms with Crippen LogP contribution in [0.5, 0.6) is 0 Å². The number of halogens is 1. The maximum atomic E-state index is 6.16. The van der Waals surface area contributed by atoms with Crippen molar-refractivity contribution in [3.63, 3.8) is 0 Å². The zero-order valence-electron chi connectivity index (χ0n) is 16.8. The van der Waals surface area contributed by atoms with E-state index in [1.165, 1.54) is 53.7 Å². The molecule has 28 heavy (non-hydrogen) atoms. The van der Waals surface area contributed by atoms with Crippen molar-refractivity contribution in [2.75, 3.05) is 10.6 Å². The van der Waals surface area contributed by atoms with Gasteiger partial charge in [-0.2, -0.15) is 0 Å². The lowest BCUT2D eigenvalue weighted by atomic mass is 9.78. The lowest BCUT2D eigenvalue weighted by Crippen LogP contribution is -2.50. The quantitative estimate of drug-likeness (QED) is 0.640. The predicted octanol–water partition coefficient (Wildman–Crippen LogP) is 5.52. The molecule has 1 aliphatic heterocycles. The topological polar surface area (TPSA) is 36.1 Å². The van der Waals surface area contributed by atoms with E-state index >= 15 is 0 Å². The van der Waals surface area contributed by atoms with Gasteiger partial charge in [0.25, 0.3) is 0 Å². The first-order valence-corrected chi connectivity index (χ1v) is 11.1. The van der Waals surface area contributed by atoms with Gasteiger partial charge in [0.15, 0.2) is 0 Å². The van der Waals surface area contributed by atoms with Gasteiger partial charge in [-0.25, -0.2) is 0 Å². The van der Waals surface area contributed by atoms with Gasteiger partial charge in [-0.15, -0.1) is 0 Å². The molecule has 0 amide bonds. The van der Waals surface area contributed by atoms with E-state index in [0.29, 0.717) is 18.0 Å². The third-order valence-corrected chi connectivity index (χ3v) is 7.31. The first-order chi connectivity index (χ1) is 13.5. The normalized spacial score (nSPS) is 31.0. The molecule has 3 nitrogen and oxygen atoms in total. The molecule has 1 heterocycles. The summed E-state index contributed by atoms with van der Waals surface area (Å²) in [6.07, 6.45) is 7.28. The molecule has 0 bridgehead atoms. The SMILES string of the molecule is Cc1ccc2c(c1)NC(C)(C1CCC(NC3Cc4ccc(Cl)cc4C3)CC1)N2. The molecule has 5 rings (SSSR count). The van der Waals surface area contributed by atoms with Gasteiger partial charge in [-0.3, -0.25) is 0 Å². The average Bonchev–Trinajstić information content (AvgIpc) is 3.21. The summed E-state index contributed by atoms with van der Waals surface area (Å²) in [6, 6.07) is 14.2. The molecule has 0 spiro atoms. The maximum Gasteiger partial charge on any atom is 0.108 e. The van der Waals surface area contributed by atoms with Crippen LogP contribution in [-0.4, -0.2) is 17.7 Å². The Morgan fingerprint density at radius 1 is 0.893 bits per heavy atom. The molecule has 3 aliphatic rings. The van der Waals surface area contributed by atoms with E-state index in [0.717, 1.165) is 17.9 Å². The summed E-state index contributed by atoms with van der Waals surface area (Å²) in [6.45, 7) is 4.49. The molecule has 0 aromatic heterocycles. The van der Waals surface area contributed by atoms with Crippen molar-refractivity contribution in [2.45, 2.75) is 70.1 Å². The fraction of sp³-hybridized carbons (Fsp3) is 0.500. The van der Waals surface area contributed by atoms with Gasteiger partial charge in [-0.05, 0) is 93.3 Å². The lowest BCUT2D eigenvalue weighted by molar-refractivity contribution is 0.223. The second-order valence-electron chi connectivity index (χ2n) is 9.23. The summed E-state index contributed by atoms with van der Waals surface area (Å²) in [5, 5.41) is 12.4. The molecule has 1 saturated carbocycles. The Balaban J connectivity index is 1.17. The highest BCUT2D eigenvalue weighted by atomic mass is 35.5.